The van der Waals surface area contributed by atoms with Crippen LogP contribution in [-0.4, -0.2) is 18.2 Å². The average Bonchev–Trinajstić information content (AvgIpc) is 2.50. The Balaban J connectivity index is 2.40. The van der Waals surface area contributed by atoms with E-state index < -0.39 is 5.97 Å². The summed E-state index contributed by atoms with van der Waals surface area (Å²) in [4.78, 5) is 11.8. The van der Waals surface area contributed by atoms with E-state index in [-0.39, 0.29) is 5.75 Å². The van der Waals surface area contributed by atoms with Crippen LogP contribution < -0.4 is 4.74 Å². The molecule has 0 unspecified atom stereocenters. The van der Waals surface area contributed by atoms with E-state index in [9.17, 15) is 9.90 Å². The normalized spacial score (nSPS) is 10.5. The van der Waals surface area contributed by atoms with Crippen molar-refractivity contribution >= 4 is 5.97 Å². The van der Waals surface area contributed by atoms with E-state index in [0.29, 0.717) is 29.4 Å². The molecule has 0 aliphatic heterocycles. The largest absolute Gasteiger partial charge is 0.508 e. The molecule has 2 rings (SSSR count). The first-order valence-electron chi connectivity index (χ1n) is 7.19. The monoisotopic (exact) mass is 300 g/mol. The molecule has 0 fully saturated rings. The highest BCUT2D eigenvalue weighted by molar-refractivity contribution is 5.92. The van der Waals surface area contributed by atoms with Gasteiger partial charge in [-0.1, -0.05) is 32.0 Å². The van der Waals surface area contributed by atoms with Crippen LogP contribution in [0.5, 0.6) is 17.2 Å². The zero-order valence-electron chi connectivity index (χ0n) is 13.0. The summed E-state index contributed by atoms with van der Waals surface area (Å²) in [6.45, 7) is 4.14. The summed E-state index contributed by atoms with van der Waals surface area (Å²) in [5.74, 6) is 1.06. The summed E-state index contributed by atoms with van der Waals surface area (Å²) >= 11 is 0. The van der Waals surface area contributed by atoms with Gasteiger partial charge in [-0.3, -0.25) is 0 Å². The molecule has 0 bridgehead atoms. The number of benzene rings is 2. The number of phenols is 1. The maximum Gasteiger partial charge on any atom is 0.341 e. The molecule has 2 aromatic carbocycles. The Morgan fingerprint density at radius 2 is 1.77 bits per heavy atom. The predicted molar refractivity (Wildman–Crippen MR) is 84.5 cm³/mol. The Labute approximate surface area is 130 Å². The van der Waals surface area contributed by atoms with Gasteiger partial charge >= 0.3 is 5.97 Å². The molecule has 0 aliphatic carbocycles. The first-order chi connectivity index (χ1) is 10.5. The number of carbonyl (C=O) groups is 1. The number of carbonyl (C=O) groups excluding carboxylic acids is 1. The maximum atomic E-state index is 11.8. The van der Waals surface area contributed by atoms with Crippen LogP contribution in [0.4, 0.5) is 0 Å². The third-order valence-corrected chi connectivity index (χ3v) is 3.23. The van der Waals surface area contributed by atoms with Gasteiger partial charge in [-0.05, 0) is 36.6 Å². The van der Waals surface area contributed by atoms with Crippen LogP contribution in [0.15, 0.2) is 42.5 Å². The molecule has 0 heterocycles. The SMILES string of the molecule is COC(=O)c1ccccc1Oc1cccc(O)c1CC(C)C. The topological polar surface area (TPSA) is 55.8 Å². The molecular weight excluding hydrogens is 280 g/mol. The highest BCUT2D eigenvalue weighted by atomic mass is 16.5. The number of phenolic OH excluding ortho intramolecular Hbond substituents is 1. The zero-order valence-corrected chi connectivity index (χ0v) is 13.0. The molecule has 0 saturated heterocycles. The Morgan fingerprint density at radius 1 is 1.09 bits per heavy atom. The Bertz CT molecular complexity index is 662. The first-order valence-corrected chi connectivity index (χ1v) is 7.19. The second-order valence-electron chi connectivity index (χ2n) is 5.44. The van der Waals surface area contributed by atoms with Gasteiger partial charge in [0.15, 0.2) is 0 Å². The molecule has 0 atom stereocenters. The van der Waals surface area contributed by atoms with Crippen LogP contribution in [-0.2, 0) is 11.2 Å². The summed E-state index contributed by atoms with van der Waals surface area (Å²) in [7, 11) is 1.33. The van der Waals surface area contributed by atoms with Gasteiger partial charge in [0.1, 0.15) is 22.8 Å². The average molecular weight is 300 g/mol. The second kappa shape index (κ2) is 6.98. The van der Waals surface area contributed by atoms with Gasteiger partial charge in [0.2, 0.25) is 0 Å². The molecule has 0 amide bonds. The number of hydrogen-bond donors (Lipinski definition) is 1. The minimum atomic E-state index is -0.457. The fourth-order valence-corrected chi connectivity index (χ4v) is 2.22. The quantitative estimate of drug-likeness (QED) is 0.842. The number of hydrogen-bond acceptors (Lipinski definition) is 4. The Morgan fingerprint density at radius 3 is 2.45 bits per heavy atom. The van der Waals surface area contributed by atoms with Crippen LogP contribution in [0, 0.1) is 5.92 Å². The number of ether oxygens (including phenoxy) is 2. The fraction of sp³-hybridized carbons (Fsp3) is 0.278. The van der Waals surface area contributed by atoms with Crippen molar-refractivity contribution in [1.29, 1.82) is 0 Å². The predicted octanol–water partition coefficient (Wildman–Crippen LogP) is 4.17. The highest BCUT2D eigenvalue weighted by Crippen LogP contribution is 2.34. The summed E-state index contributed by atoms with van der Waals surface area (Å²) in [5.41, 5.74) is 1.08. The molecule has 116 valence electrons. The van der Waals surface area contributed by atoms with Gasteiger partial charge in [-0.2, -0.15) is 0 Å². The van der Waals surface area contributed by atoms with Crippen molar-refractivity contribution in [2.75, 3.05) is 7.11 Å². The second-order valence-corrected chi connectivity index (χ2v) is 5.44. The zero-order chi connectivity index (χ0) is 16.1. The molecule has 0 aliphatic rings. The van der Waals surface area contributed by atoms with E-state index in [4.69, 9.17) is 9.47 Å². The smallest absolute Gasteiger partial charge is 0.341 e. The number of esters is 1. The lowest BCUT2D eigenvalue weighted by molar-refractivity contribution is 0.0598. The van der Waals surface area contributed by atoms with Crippen molar-refractivity contribution in [3.8, 4) is 17.2 Å². The molecule has 22 heavy (non-hydrogen) atoms. The van der Waals surface area contributed by atoms with Crippen LogP contribution in [0.2, 0.25) is 0 Å². The lowest BCUT2D eigenvalue weighted by Gasteiger charge is -2.15. The van der Waals surface area contributed by atoms with Crippen molar-refractivity contribution in [2.24, 2.45) is 5.92 Å². The van der Waals surface area contributed by atoms with Crippen molar-refractivity contribution in [1.82, 2.24) is 0 Å². The van der Waals surface area contributed by atoms with Crippen molar-refractivity contribution < 1.29 is 19.4 Å². The van der Waals surface area contributed by atoms with Gasteiger partial charge in [-0.25, -0.2) is 4.79 Å². The molecule has 0 saturated carbocycles. The Hall–Kier alpha value is -2.49. The van der Waals surface area contributed by atoms with Crippen molar-refractivity contribution in [3.05, 3.63) is 53.6 Å². The molecule has 4 nitrogen and oxygen atoms in total. The molecule has 0 radical (unpaired) electrons. The van der Waals surface area contributed by atoms with E-state index in [1.54, 1.807) is 42.5 Å². The van der Waals surface area contributed by atoms with Gasteiger partial charge < -0.3 is 14.6 Å². The van der Waals surface area contributed by atoms with Crippen LogP contribution in [0.3, 0.4) is 0 Å². The standard InChI is InChI=1S/C18H20O4/c1-12(2)11-14-15(19)8-6-10-17(14)22-16-9-5-4-7-13(16)18(20)21-3/h4-10,12,19H,11H2,1-3H3. The summed E-state index contributed by atoms with van der Waals surface area (Å²) < 4.78 is 10.6. The molecule has 0 aromatic heterocycles. The van der Waals surface area contributed by atoms with E-state index in [1.807, 2.05) is 0 Å². The van der Waals surface area contributed by atoms with E-state index in [1.165, 1.54) is 7.11 Å². The fourth-order valence-electron chi connectivity index (χ4n) is 2.22. The van der Waals surface area contributed by atoms with Gasteiger partial charge in [0.05, 0.1) is 7.11 Å². The van der Waals surface area contributed by atoms with Crippen LogP contribution >= 0.6 is 0 Å². The van der Waals surface area contributed by atoms with Gasteiger partial charge in [-0.15, -0.1) is 0 Å². The summed E-state index contributed by atoms with van der Waals surface area (Å²) in [6, 6.07) is 12.0. The number of rotatable bonds is 5. The summed E-state index contributed by atoms with van der Waals surface area (Å²) in [5, 5.41) is 10.1. The van der Waals surface area contributed by atoms with Crippen LogP contribution in [0.25, 0.3) is 0 Å². The van der Waals surface area contributed by atoms with Crippen molar-refractivity contribution in [3.63, 3.8) is 0 Å². The summed E-state index contributed by atoms with van der Waals surface area (Å²) in [6.07, 6.45) is 0.683. The maximum absolute atomic E-state index is 11.8. The van der Waals surface area contributed by atoms with E-state index >= 15 is 0 Å². The molecule has 0 spiro atoms. The number of aromatic hydroxyl groups is 1. The number of methoxy groups -OCH3 is 1. The molecular formula is C18H20O4. The first kappa shape index (κ1) is 15.9. The van der Waals surface area contributed by atoms with E-state index in [0.717, 1.165) is 5.56 Å². The lowest BCUT2D eigenvalue weighted by Crippen LogP contribution is -2.04. The van der Waals surface area contributed by atoms with Gasteiger partial charge in [0, 0.05) is 5.56 Å². The number of para-hydroxylation sites is 1. The minimum absolute atomic E-state index is 0.196. The van der Waals surface area contributed by atoms with Gasteiger partial charge in [0.25, 0.3) is 0 Å². The minimum Gasteiger partial charge on any atom is -0.508 e. The van der Waals surface area contributed by atoms with Crippen molar-refractivity contribution in [2.45, 2.75) is 20.3 Å². The van der Waals surface area contributed by atoms with E-state index in [2.05, 4.69) is 13.8 Å². The lowest BCUT2D eigenvalue weighted by atomic mass is 10.0. The molecule has 2 aromatic rings. The Kier molecular flexibility index (Phi) is 5.04. The highest BCUT2D eigenvalue weighted by Gasteiger charge is 2.16. The third-order valence-electron chi connectivity index (χ3n) is 3.23. The molecule has 4 heteroatoms. The molecule has 1 N–H and O–H groups in total. The third kappa shape index (κ3) is 3.58. The van der Waals surface area contributed by atoms with Crippen LogP contribution in [0.1, 0.15) is 29.8 Å².